The Morgan fingerprint density at radius 3 is 2.48 bits per heavy atom. The van der Waals surface area contributed by atoms with E-state index in [4.69, 9.17) is 9.47 Å². The third-order valence-corrected chi connectivity index (χ3v) is 6.33. The molecule has 2 amide bonds. The van der Waals surface area contributed by atoms with Crippen LogP contribution in [-0.4, -0.2) is 40.7 Å². The molecule has 0 spiro atoms. The Bertz CT molecular complexity index is 1290. The van der Waals surface area contributed by atoms with Crippen LogP contribution in [0.15, 0.2) is 77.7 Å². The molecule has 3 aromatic rings. The van der Waals surface area contributed by atoms with Crippen LogP contribution >= 0.6 is 0 Å². The molecule has 10 heteroatoms. The second-order valence-electron chi connectivity index (χ2n) is 7.10. The lowest BCUT2D eigenvalue weighted by Crippen LogP contribution is -2.25. The molecule has 0 aliphatic carbocycles. The highest BCUT2D eigenvalue weighted by Gasteiger charge is 2.26. The van der Waals surface area contributed by atoms with Crippen LogP contribution < -0.4 is 19.7 Å². The van der Waals surface area contributed by atoms with Gasteiger partial charge in [-0.05, 0) is 54.6 Å². The van der Waals surface area contributed by atoms with Crippen molar-refractivity contribution in [3.63, 3.8) is 0 Å². The monoisotopic (exact) mass is 467 g/mol. The van der Waals surface area contributed by atoms with Crippen LogP contribution in [0.4, 0.5) is 21.9 Å². The number of nitrogens with one attached hydrogen (secondary N) is 2. The van der Waals surface area contributed by atoms with Gasteiger partial charge < -0.3 is 14.8 Å². The Kier molecular flexibility index (Phi) is 6.18. The highest BCUT2D eigenvalue weighted by molar-refractivity contribution is 7.92. The van der Waals surface area contributed by atoms with Gasteiger partial charge in [0.05, 0.1) is 29.9 Å². The van der Waals surface area contributed by atoms with Gasteiger partial charge in [0, 0.05) is 11.3 Å². The van der Waals surface area contributed by atoms with E-state index < -0.39 is 22.0 Å². The number of hydrogen-bond acceptors (Lipinski definition) is 6. The number of benzene rings is 3. The van der Waals surface area contributed by atoms with Crippen molar-refractivity contribution in [3.8, 4) is 5.75 Å². The number of sulfonamides is 1. The molecular weight excluding hydrogens is 446 g/mol. The number of para-hydroxylation sites is 2. The molecule has 1 fully saturated rings. The lowest BCUT2D eigenvalue weighted by molar-refractivity contribution is 0.102. The summed E-state index contributed by atoms with van der Waals surface area (Å²) < 4.78 is 38.2. The maximum absolute atomic E-state index is 12.9. The maximum atomic E-state index is 12.9. The van der Waals surface area contributed by atoms with Crippen LogP contribution in [0.1, 0.15) is 10.4 Å². The Labute approximate surface area is 191 Å². The normalized spacial score (nSPS) is 13.4. The van der Waals surface area contributed by atoms with Gasteiger partial charge in [-0.2, -0.15) is 0 Å². The van der Waals surface area contributed by atoms with Gasteiger partial charge in [0.25, 0.3) is 15.9 Å². The molecule has 170 valence electrons. The summed E-state index contributed by atoms with van der Waals surface area (Å²) in [6, 6.07) is 18.9. The largest absolute Gasteiger partial charge is 0.497 e. The van der Waals surface area contributed by atoms with Gasteiger partial charge in [-0.25, -0.2) is 13.2 Å². The lowest BCUT2D eigenvalue weighted by Gasteiger charge is -2.17. The predicted molar refractivity (Wildman–Crippen MR) is 123 cm³/mol. The number of methoxy groups -OCH3 is 1. The van der Waals surface area contributed by atoms with Gasteiger partial charge in [-0.15, -0.1) is 0 Å². The second kappa shape index (κ2) is 9.21. The molecule has 0 bridgehead atoms. The minimum atomic E-state index is -3.93. The molecule has 0 atom stereocenters. The summed E-state index contributed by atoms with van der Waals surface area (Å²) in [7, 11) is -2.41. The van der Waals surface area contributed by atoms with Crippen LogP contribution in [0.3, 0.4) is 0 Å². The zero-order valence-corrected chi connectivity index (χ0v) is 18.5. The summed E-state index contributed by atoms with van der Waals surface area (Å²) in [4.78, 5) is 26.2. The fourth-order valence-corrected chi connectivity index (χ4v) is 4.40. The summed E-state index contributed by atoms with van der Waals surface area (Å²) in [6.45, 7) is 0.638. The minimum absolute atomic E-state index is 0.0672. The van der Waals surface area contributed by atoms with E-state index >= 15 is 0 Å². The number of nitrogens with zero attached hydrogens (tertiary/aromatic N) is 1. The van der Waals surface area contributed by atoms with Gasteiger partial charge in [0.1, 0.15) is 12.4 Å². The maximum Gasteiger partial charge on any atom is 0.414 e. The summed E-state index contributed by atoms with van der Waals surface area (Å²) in [6.07, 6.45) is -0.491. The summed E-state index contributed by atoms with van der Waals surface area (Å²) in [5, 5.41) is 2.75. The van der Waals surface area contributed by atoms with E-state index in [0.29, 0.717) is 29.4 Å². The van der Waals surface area contributed by atoms with Gasteiger partial charge in [-0.1, -0.05) is 18.2 Å². The van der Waals surface area contributed by atoms with Crippen molar-refractivity contribution in [1.29, 1.82) is 0 Å². The Balaban J connectivity index is 1.54. The quantitative estimate of drug-likeness (QED) is 0.548. The van der Waals surface area contributed by atoms with Crippen molar-refractivity contribution in [3.05, 3.63) is 78.4 Å². The SMILES string of the molecule is COc1ccc(NS(=O)(=O)c2cccc(C(=O)Nc3ccccc3N3CCOC3=O)c2)cc1. The highest BCUT2D eigenvalue weighted by atomic mass is 32.2. The lowest BCUT2D eigenvalue weighted by atomic mass is 10.2. The Morgan fingerprint density at radius 2 is 1.79 bits per heavy atom. The van der Waals surface area contributed by atoms with Crippen LogP contribution in [0, 0.1) is 0 Å². The van der Waals surface area contributed by atoms with E-state index in [9.17, 15) is 18.0 Å². The zero-order valence-electron chi connectivity index (χ0n) is 17.6. The number of hydrogen-bond donors (Lipinski definition) is 2. The third kappa shape index (κ3) is 4.90. The van der Waals surface area contributed by atoms with E-state index in [-0.39, 0.29) is 17.1 Å². The molecular formula is C23H21N3O6S. The first-order valence-corrected chi connectivity index (χ1v) is 11.5. The molecule has 4 rings (SSSR count). The third-order valence-electron chi connectivity index (χ3n) is 4.95. The van der Waals surface area contributed by atoms with Crippen LogP contribution in [-0.2, 0) is 14.8 Å². The van der Waals surface area contributed by atoms with E-state index in [0.717, 1.165) is 0 Å². The van der Waals surface area contributed by atoms with Crippen molar-refractivity contribution in [2.75, 3.05) is 35.2 Å². The average Bonchev–Trinajstić information content (AvgIpc) is 3.25. The molecule has 1 heterocycles. The van der Waals surface area contributed by atoms with Crippen LogP contribution in [0.25, 0.3) is 0 Å². The van der Waals surface area contributed by atoms with Crippen molar-refractivity contribution >= 4 is 39.1 Å². The summed E-state index contributed by atoms with van der Waals surface area (Å²) in [5.74, 6) is 0.0793. The summed E-state index contributed by atoms with van der Waals surface area (Å²) >= 11 is 0. The molecule has 0 saturated carbocycles. The first-order valence-electron chi connectivity index (χ1n) is 9.99. The molecule has 0 aromatic heterocycles. The van der Waals surface area contributed by atoms with E-state index in [1.165, 1.54) is 36.3 Å². The zero-order chi connectivity index (χ0) is 23.4. The van der Waals surface area contributed by atoms with E-state index in [1.54, 1.807) is 48.5 Å². The second-order valence-corrected chi connectivity index (χ2v) is 8.78. The van der Waals surface area contributed by atoms with E-state index in [2.05, 4.69) is 10.0 Å². The molecule has 33 heavy (non-hydrogen) atoms. The van der Waals surface area contributed by atoms with Crippen molar-refractivity contribution in [2.45, 2.75) is 4.90 Å². The van der Waals surface area contributed by atoms with Crippen LogP contribution in [0.2, 0.25) is 0 Å². The number of rotatable bonds is 7. The fourth-order valence-electron chi connectivity index (χ4n) is 3.30. The molecule has 0 radical (unpaired) electrons. The van der Waals surface area contributed by atoms with Gasteiger partial charge in [0.2, 0.25) is 0 Å². The number of cyclic esters (lactones) is 1. The molecule has 1 saturated heterocycles. The highest BCUT2D eigenvalue weighted by Crippen LogP contribution is 2.28. The molecule has 9 nitrogen and oxygen atoms in total. The molecule has 3 aromatic carbocycles. The number of amides is 2. The van der Waals surface area contributed by atoms with Crippen LogP contribution in [0.5, 0.6) is 5.75 Å². The molecule has 0 unspecified atom stereocenters. The van der Waals surface area contributed by atoms with Gasteiger partial charge in [-0.3, -0.25) is 14.4 Å². The first-order chi connectivity index (χ1) is 15.9. The topological polar surface area (TPSA) is 114 Å². The van der Waals surface area contributed by atoms with Gasteiger partial charge >= 0.3 is 6.09 Å². The number of ether oxygens (including phenoxy) is 2. The first kappa shape index (κ1) is 22.2. The standard InChI is InChI=1S/C23H21N3O6S/c1-31-18-11-9-17(10-12-18)25-33(29,30)19-6-4-5-16(15-19)22(27)24-20-7-2-3-8-21(20)26-13-14-32-23(26)28/h2-12,15,25H,13-14H2,1H3,(H,24,27). The predicted octanol–water partition coefficient (Wildman–Crippen LogP) is 3.70. The number of anilines is 3. The number of carbonyl (C=O) groups excluding carboxylic acids is 2. The Hall–Kier alpha value is -4.05. The minimum Gasteiger partial charge on any atom is -0.497 e. The average molecular weight is 468 g/mol. The molecule has 1 aliphatic heterocycles. The van der Waals surface area contributed by atoms with Crippen molar-refractivity contribution in [2.24, 2.45) is 0 Å². The van der Waals surface area contributed by atoms with Crippen molar-refractivity contribution < 1.29 is 27.5 Å². The van der Waals surface area contributed by atoms with Gasteiger partial charge in [0.15, 0.2) is 0 Å². The summed E-state index contributed by atoms with van der Waals surface area (Å²) in [5.41, 5.74) is 1.41. The van der Waals surface area contributed by atoms with Crippen molar-refractivity contribution in [1.82, 2.24) is 0 Å². The number of carbonyl (C=O) groups is 2. The molecule has 1 aliphatic rings. The van der Waals surface area contributed by atoms with E-state index in [1.807, 2.05) is 0 Å². The fraction of sp³-hybridized carbons (Fsp3) is 0.130. The Morgan fingerprint density at radius 1 is 1.03 bits per heavy atom. The molecule has 2 N–H and O–H groups in total. The smallest absolute Gasteiger partial charge is 0.414 e.